The molecule has 2 heterocycles. The molecule has 0 spiro atoms. The van der Waals surface area contributed by atoms with Crippen LogP contribution in [0.4, 0.5) is 0 Å². The van der Waals surface area contributed by atoms with E-state index in [0.717, 1.165) is 51.4 Å². The highest BCUT2D eigenvalue weighted by molar-refractivity contribution is 5.76. The van der Waals surface area contributed by atoms with Crippen LogP contribution in [-0.4, -0.2) is 140 Å². The van der Waals surface area contributed by atoms with E-state index in [1.807, 2.05) is 6.08 Å². The van der Waals surface area contributed by atoms with Crippen LogP contribution in [0.5, 0.6) is 0 Å². The first kappa shape index (κ1) is 66.3. The predicted molar refractivity (Wildman–Crippen MR) is 286 cm³/mol. The van der Waals surface area contributed by atoms with Crippen molar-refractivity contribution in [3.05, 3.63) is 36.5 Å². The van der Waals surface area contributed by atoms with Gasteiger partial charge in [0.05, 0.1) is 32.0 Å². The molecule has 9 N–H and O–H groups in total. The smallest absolute Gasteiger partial charge is 0.220 e. The first-order valence-corrected chi connectivity index (χ1v) is 29.2. The van der Waals surface area contributed by atoms with Crippen LogP contribution in [0.25, 0.3) is 0 Å². The third-order valence-corrected chi connectivity index (χ3v) is 14.3. The molecule has 0 aliphatic carbocycles. The summed E-state index contributed by atoms with van der Waals surface area (Å²) in [5.41, 5.74) is 0. The fourth-order valence-electron chi connectivity index (χ4n) is 9.56. The van der Waals surface area contributed by atoms with Gasteiger partial charge in [-0.2, -0.15) is 0 Å². The zero-order valence-electron chi connectivity index (χ0n) is 45.2. The van der Waals surface area contributed by atoms with Gasteiger partial charge in [-0.25, -0.2) is 0 Å². The van der Waals surface area contributed by atoms with E-state index in [9.17, 15) is 45.6 Å². The van der Waals surface area contributed by atoms with Crippen molar-refractivity contribution in [1.82, 2.24) is 5.32 Å². The molecule has 72 heavy (non-hydrogen) atoms. The van der Waals surface area contributed by atoms with E-state index in [1.54, 1.807) is 6.08 Å². The Morgan fingerprint density at radius 1 is 0.500 bits per heavy atom. The molecule has 12 unspecified atom stereocenters. The van der Waals surface area contributed by atoms with Crippen LogP contribution in [0.1, 0.15) is 232 Å². The molecule has 422 valence electrons. The summed E-state index contributed by atoms with van der Waals surface area (Å²) in [6.45, 7) is 2.78. The number of hydrogen-bond donors (Lipinski definition) is 9. The van der Waals surface area contributed by atoms with Gasteiger partial charge in [0.15, 0.2) is 12.6 Å². The summed E-state index contributed by atoms with van der Waals surface area (Å²) in [5.74, 6) is -0.243. The summed E-state index contributed by atoms with van der Waals surface area (Å²) in [6, 6.07) is -0.916. The lowest BCUT2D eigenvalue weighted by Crippen LogP contribution is -2.65. The largest absolute Gasteiger partial charge is 0.394 e. The van der Waals surface area contributed by atoms with E-state index < -0.39 is 86.8 Å². The van der Waals surface area contributed by atoms with Gasteiger partial charge in [0.25, 0.3) is 0 Å². The molecule has 0 aromatic carbocycles. The minimum absolute atomic E-state index is 0.243. The number of amides is 1. The van der Waals surface area contributed by atoms with Gasteiger partial charge in [-0.15, -0.1) is 0 Å². The van der Waals surface area contributed by atoms with E-state index in [2.05, 4.69) is 43.5 Å². The highest BCUT2D eigenvalue weighted by Crippen LogP contribution is 2.30. The number of aliphatic hydroxyl groups is 8. The number of nitrogens with one attached hydrogen (secondary N) is 1. The van der Waals surface area contributed by atoms with Crippen molar-refractivity contribution in [2.45, 2.75) is 306 Å². The van der Waals surface area contributed by atoms with Crippen molar-refractivity contribution >= 4 is 5.91 Å². The van der Waals surface area contributed by atoms with Crippen LogP contribution in [0.3, 0.4) is 0 Å². The first-order chi connectivity index (χ1) is 35.1. The minimum atomic E-state index is -1.79. The molecular weight excluding hydrogens is 919 g/mol. The van der Waals surface area contributed by atoms with Gasteiger partial charge in [-0.05, 0) is 51.4 Å². The number of aliphatic hydroxyl groups excluding tert-OH is 8. The standard InChI is InChI=1S/C58H107NO13/c1-3-5-7-9-11-13-15-17-19-21-23-25-27-29-31-33-35-37-39-41-47(62)46(59-50(63)42-40-38-36-34-32-30-28-26-24-22-20-18-16-14-12-10-8-6-4-2)45-69-57-55(68)53(66)56(49(44-61)71-57)72-58-54(67)52(65)51(64)48(43-60)70-58/h12,14,18,20,39,41,46-49,51-58,60-62,64-68H,3-11,13,15-17,19,21-38,40,42-45H2,1-2H3,(H,59,63)/b14-12-,20-18-,41-39+. The second-order valence-electron chi connectivity index (χ2n) is 20.8. The lowest BCUT2D eigenvalue weighted by Gasteiger charge is -2.46. The van der Waals surface area contributed by atoms with Crippen LogP contribution >= 0.6 is 0 Å². The number of allylic oxidation sites excluding steroid dienone is 5. The molecule has 1 amide bonds. The van der Waals surface area contributed by atoms with E-state index >= 15 is 0 Å². The monoisotopic (exact) mass is 1030 g/mol. The van der Waals surface area contributed by atoms with Crippen molar-refractivity contribution in [2.75, 3.05) is 19.8 Å². The molecule has 0 bridgehead atoms. The molecule has 12 atom stereocenters. The van der Waals surface area contributed by atoms with Crippen LogP contribution in [0.2, 0.25) is 0 Å². The Balaban J connectivity index is 1.79. The number of hydrogen-bond acceptors (Lipinski definition) is 13. The lowest BCUT2D eigenvalue weighted by atomic mass is 9.97. The molecule has 0 aromatic heterocycles. The predicted octanol–water partition coefficient (Wildman–Crippen LogP) is 9.44. The van der Waals surface area contributed by atoms with Crippen LogP contribution in [-0.2, 0) is 23.7 Å². The van der Waals surface area contributed by atoms with Crippen LogP contribution < -0.4 is 5.32 Å². The maximum absolute atomic E-state index is 13.2. The molecule has 0 saturated carbocycles. The number of rotatable bonds is 46. The second kappa shape index (κ2) is 44.3. The highest BCUT2D eigenvalue weighted by atomic mass is 16.7. The van der Waals surface area contributed by atoms with Crippen molar-refractivity contribution in [3.8, 4) is 0 Å². The zero-order chi connectivity index (χ0) is 52.4. The third kappa shape index (κ3) is 30.1. The summed E-state index contributed by atoms with van der Waals surface area (Å²) in [4.78, 5) is 13.2. The summed E-state index contributed by atoms with van der Waals surface area (Å²) in [6.07, 6.45) is 36.0. The average Bonchev–Trinajstić information content (AvgIpc) is 3.38. The zero-order valence-corrected chi connectivity index (χ0v) is 45.2. The van der Waals surface area contributed by atoms with Crippen LogP contribution in [0, 0.1) is 0 Å². The molecule has 2 fully saturated rings. The minimum Gasteiger partial charge on any atom is -0.394 e. The number of unbranched alkanes of at least 4 members (excludes halogenated alkanes) is 29. The topological polar surface area (TPSA) is 228 Å². The maximum Gasteiger partial charge on any atom is 0.220 e. The molecule has 2 rings (SSSR count). The molecule has 14 heteroatoms. The molecular formula is C58H107NO13. The fourth-order valence-corrected chi connectivity index (χ4v) is 9.56. The molecule has 2 aliphatic heterocycles. The summed E-state index contributed by atoms with van der Waals surface area (Å²) >= 11 is 0. The van der Waals surface area contributed by atoms with Crippen molar-refractivity contribution in [2.24, 2.45) is 0 Å². The Morgan fingerprint density at radius 3 is 1.42 bits per heavy atom. The van der Waals surface area contributed by atoms with Crippen molar-refractivity contribution in [1.29, 1.82) is 0 Å². The van der Waals surface area contributed by atoms with E-state index in [-0.39, 0.29) is 18.9 Å². The summed E-state index contributed by atoms with van der Waals surface area (Å²) in [7, 11) is 0. The second-order valence-corrected chi connectivity index (χ2v) is 20.8. The SMILES string of the molecule is CCCCC/C=C\C/C=C\CCCCCCCCCCCC(=O)NC(COC1OC(CO)C(OC2OC(CO)C(O)C(O)C2O)C(O)C1O)C(O)/C=C/CCCCCCCCCCCCCCCCCCC. The average molecular weight is 1030 g/mol. The van der Waals surface area contributed by atoms with Crippen molar-refractivity contribution in [3.63, 3.8) is 0 Å². The molecule has 2 saturated heterocycles. The maximum atomic E-state index is 13.2. The Labute approximate surface area is 436 Å². The molecule has 0 radical (unpaired) electrons. The van der Waals surface area contributed by atoms with Gasteiger partial charge in [0.2, 0.25) is 5.91 Å². The summed E-state index contributed by atoms with van der Waals surface area (Å²) in [5, 5.41) is 87.1. The van der Waals surface area contributed by atoms with Gasteiger partial charge in [-0.3, -0.25) is 4.79 Å². The normalized spacial score (nSPS) is 25.8. The number of carbonyl (C=O) groups is 1. The van der Waals surface area contributed by atoms with E-state index in [0.29, 0.717) is 6.42 Å². The first-order valence-electron chi connectivity index (χ1n) is 29.2. The summed E-state index contributed by atoms with van der Waals surface area (Å²) < 4.78 is 22.8. The Bertz CT molecular complexity index is 1350. The molecule has 14 nitrogen and oxygen atoms in total. The van der Waals surface area contributed by atoms with Crippen molar-refractivity contribution < 1.29 is 64.6 Å². The van der Waals surface area contributed by atoms with Gasteiger partial charge >= 0.3 is 0 Å². The van der Waals surface area contributed by atoms with Gasteiger partial charge in [0, 0.05) is 6.42 Å². The number of carbonyl (C=O) groups excluding carboxylic acids is 1. The van der Waals surface area contributed by atoms with E-state index in [1.165, 1.54) is 154 Å². The number of ether oxygens (including phenoxy) is 4. The lowest BCUT2D eigenvalue weighted by molar-refractivity contribution is -0.359. The Hall–Kier alpha value is -1.79. The van der Waals surface area contributed by atoms with Gasteiger partial charge < -0.3 is 65.1 Å². The highest BCUT2D eigenvalue weighted by Gasteiger charge is 2.51. The molecule has 0 aromatic rings. The third-order valence-electron chi connectivity index (χ3n) is 14.3. The quantitative estimate of drug-likeness (QED) is 0.0205. The van der Waals surface area contributed by atoms with Gasteiger partial charge in [0.1, 0.15) is 48.8 Å². The van der Waals surface area contributed by atoms with Gasteiger partial charge in [-0.1, -0.05) is 211 Å². The fraction of sp³-hybridized carbons (Fsp3) is 0.879. The Morgan fingerprint density at radius 2 is 0.917 bits per heavy atom. The van der Waals surface area contributed by atoms with E-state index in [4.69, 9.17) is 18.9 Å². The van der Waals surface area contributed by atoms with Crippen LogP contribution in [0.15, 0.2) is 36.5 Å². The molecule has 2 aliphatic rings. The Kier molecular flexibility index (Phi) is 40.9.